The monoisotopic (exact) mass is 313 g/mol. The van der Waals surface area contributed by atoms with Gasteiger partial charge in [-0.25, -0.2) is 0 Å². The Kier molecular flexibility index (Phi) is 4.27. The molecule has 0 radical (unpaired) electrons. The molecule has 1 aliphatic heterocycles. The number of benzene rings is 1. The van der Waals surface area contributed by atoms with Gasteiger partial charge in [0.1, 0.15) is 5.75 Å². The number of methoxy groups -OCH3 is 1. The van der Waals surface area contributed by atoms with Gasteiger partial charge >= 0.3 is 0 Å². The Morgan fingerprint density at radius 2 is 1.96 bits per heavy atom. The Morgan fingerprint density at radius 3 is 2.70 bits per heavy atom. The standard InChI is InChI=1S/C19H27N3O/c1-23-15-6-7-18-16(12-15)17(13-21-18)19(14-4-2-3-5-14)22-10-8-20-9-11-22/h6-7,12-14,19-21H,2-5,8-11H2,1H3/t19-/m1/s1. The summed E-state index contributed by atoms with van der Waals surface area (Å²) >= 11 is 0. The Morgan fingerprint density at radius 1 is 1.17 bits per heavy atom. The predicted molar refractivity (Wildman–Crippen MR) is 94.0 cm³/mol. The van der Waals surface area contributed by atoms with Crippen molar-refractivity contribution in [2.24, 2.45) is 5.92 Å². The van der Waals surface area contributed by atoms with Crippen LogP contribution in [0.2, 0.25) is 0 Å². The first kappa shape index (κ1) is 15.0. The molecule has 2 aromatic rings. The van der Waals surface area contributed by atoms with Crippen molar-refractivity contribution in [3.63, 3.8) is 0 Å². The first-order valence-corrected chi connectivity index (χ1v) is 8.96. The van der Waals surface area contributed by atoms with Crippen LogP contribution in [0.3, 0.4) is 0 Å². The molecule has 0 amide bonds. The number of H-pyrrole nitrogens is 1. The number of aromatic amines is 1. The number of piperazine rings is 1. The SMILES string of the molecule is COc1ccc2[nH]cc([C@@H](C3CCCC3)N3CCNCC3)c2c1. The van der Waals surface area contributed by atoms with E-state index in [0.717, 1.165) is 37.8 Å². The molecule has 1 aromatic carbocycles. The highest BCUT2D eigenvalue weighted by atomic mass is 16.5. The van der Waals surface area contributed by atoms with E-state index in [-0.39, 0.29) is 0 Å². The second-order valence-corrected chi connectivity index (χ2v) is 6.93. The molecule has 0 bridgehead atoms. The number of hydrogen-bond donors (Lipinski definition) is 2. The Labute approximate surface area is 138 Å². The molecule has 4 heteroatoms. The van der Waals surface area contributed by atoms with Crippen LogP contribution in [0.15, 0.2) is 24.4 Å². The predicted octanol–water partition coefficient (Wildman–Crippen LogP) is 3.31. The third-order valence-electron chi connectivity index (χ3n) is 5.63. The van der Waals surface area contributed by atoms with Crippen molar-refractivity contribution in [1.29, 1.82) is 0 Å². The van der Waals surface area contributed by atoms with E-state index < -0.39 is 0 Å². The van der Waals surface area contributed by atoms with Crippen molar-refractivity contribution in [3.05, 3.63) is 30.0 Å². The fraction of sp³-hybridized carbons (Fsp3) is 0.579. The summed E-state index contributed by atoms with van der Waals surface area (Å²) in [6, 6.07) is 6.92. The van der Waals surface area contributed by atoms with E-state index in [1.54, 1.807) is 7.11 Å². The molecule has 2 fully saturated rings. The summed E-state index contributed by atoms with van der Waals surface area (Å²) in [4.78, 5) is 6.19. The number of hydrogen-bond acceptors (Lipinski definition) is 3. The third kappa shape index (κ3) is 2.86. The van der Waals surface area contributed by atoms with Gasteiger partial charge in [-0.1, -0.05) is 12.8 Å². The van der Waals surface area contributed by atoms with Crippen LogP contribution in [0.1, 0.15) is 37.3 Å². The van der Waals surface area contributed by atoms with Gasteiger partial charge in [-0.3, -0.25) is 4.90 Å². The molecule has 23 heavy (non-hydrogen) atoms. The average molecular weight is 313 g/mol. The minimum absolute atomic E-state index is 0.542. The third-order valence-corrected chi connectivity index (χ3v) is 5.63. The lowest BCUT2D eigenvalue weighted by atomic mass is 9.89. The van der Waals surface area contributed by atoms with E-state index in [1.165, 1.54) is 42.1 Å². The molecule has 124 valence electrons. The van der Waals surface area contributed by atoms with Gasteiger partial charge in [0.2, 0.25) is 0 Å². The van der Waals surface area contributed by atoms with Crippen molar-refractivity contribution < 1.29 is 4.74 Å². The highest BCUT2D eigenvalue weighted by Gasteiger charge is 2.33. The van der Waals surface area contributed by atoms with Gasteiger partial charge in [0.05, 0.1) is 7.11 Å². The number of nitrogens with zero attached hydrogens (tertiary/aromatic N) is 1. The Hall–Kier alpha value is -1.52. The Bertz CT molecular complexity index is 654. The number of rotatable bonds is 4. The summed E-state index contributed by atoms with van der Waals surface area (Å²) in [5.74, 6) is 1.74. The quantitative estimate of drug-likeness (QED) is 0.910. The maximum Gasteiger partial charge on any atom is 0.119 e. The van der Waals surface area contributed by atoms with Crippen LogP contribution < -0.4 is 10.1 Å². The normalized spacial score (nSPS) is 21.8. The molecule has 4 rings (SSSR count). The van der Waals surface area contributed by atoms with Crippen LogP contribution in [-0.4, -0.2) is 43.2 Å². The fourth-order valence-electron chi connectivity index (χ4n) is 4.48. The average Bonchev–Trinajstić information content (AvgIpc) is 3.26. The van der Waals surface area contributed by atoms with Crippen LogP contribution in [0, 0.1) is 5.92 Å². The fourth-order valence-corrected chi connectivity index (χ4v) is 4.48. The van der Waals surface area contributed by atoms with E-state index in [0.29, 0.717) is 6.04 Å². The van der Waals surface area contributed by atoms with Gasteiger partial charge in [-0.2, -0.15) is 0 Å². The van der Waals surface area contributed by atoms with Crippen LogP contribution in [0.4, 0.5) is 0 Å². The van der Waals surface area contributed by atoms with Crippen LogP contribution in [0.25, 0.3) is 10.9 Å². The maximum absolute atomic E-state index is 5.46. The lowest BCUT2D eigenvalue weighted by Gasteiger charge is -2.38. The molecule has 4 nitrogen and oxygen atoms in total. The van der Waals surface area contributed by atoms with Gasteiger partial charge in [0.15, 0.2) is 0 Å². The second-order valence-electron chi connectivity index (χ2n) is 6.93. The van der Waals surface area contributed by atoms with Crippen molar-refractivity contribution >= 4 is 10.9 Å². The molecule has 2 N–H and O–H groups in total. The molecule has 1 saturated carbocycles. The smallest absolute Gasteiger partial charge is 0.119 e. The molecule has 0 spiro atoms. The molecule has 2 aliphatic rings. The van der Waals surface area contributed by atoms with Gasteiger partial charge < -0.3 is 15.0 Å². The zero-order valence-electron chi connectivity index (χ0n) is 14.0. The molecule has 1 aromatic heterocycles. The van der Waals surface area contributed by atoms with E-state index in [1.807, 2.05) is 6.07 Å². The van der Waals surface area contributed by atoms with Gasteiger partial charge in [0, 0.05) is 49.3 Å². The molecular weight excluding hydrogens is 286 g/mol. The van der Waals surface area contributed by atoms with Crippen molar-refractivity contribution in [1.82, 2.24) is 15.2 Å². The summed E-state index contributed by atoms with van der Waals surface area (Å²) in [6.07, 6.45) is 7.75. The van der Waals surface area contributed by atoms with Crippen LogP contribution in [-0.2, 0) is 0 Å². The summed E-state index contributed by atoms with van der Waals surface area (Å²) in [5, 5.41) is 4.82. The van der Waals surface area contributed by atoms with Gasteiger partial charge in [-0.05, 0) is 42.5 Å². The minimum atomic E-state index is 0.542. The van der Waals surface area contributed by atoms with Crippen molar-refractivity contribution in [2.75, 3.05) is 33.3 Å². The maximum atomic E-state index is 5.46. The second kappa shape index (κ2) is 6.54. The summed E-state index contributed by atoms with van der Waals surface area (Å²) in [6.45, 7) is 4.51. The number of ether oxygens (including phenoxy) is 1. The van der Waals surface area contributed by atoms with Crippen LogP contribution in [0.5, 0.6) is 5.75 Å². The first-order valence-electron chi connectivity index (χ1n) is 8.96. The number of aromatic nitrogens is 1. The van der Waals surface area contributed by atoms with E-state index in [2.05, 4.69) is 33.5 Å². The molecule has 0 unspecified atom stereocenters. The lowest BCUT2D eigenvalue weighted by molar-refractivity contribution is 0.126. The van der Waals surface area contributed by atoms with Crippen molar-refractivity contribution in [2.45, 2.75) is 31.7 Å². The van der Waals surface area contributed by atoms with E-state index >= 15 is 0 Å². The molecular formula is C19H27N3O. The zero-order valence-corrected chi connectivity index (χ0v) is 14.0. The molecule has 2 heterocycles. The lowest BCUT2D eigenvalue weighted by Crippen LogP contribution is -2.46. The van der Waals surface area contributed by atoms with E-state index in [9.17, 15) is 0 Å². The van der Waals surface area contributed by atoms with Crippen molar-refractivity contribution in [3.8, 4) is 5.75 Å². The van der Waals surface area contributed by atoms with Gasteiger partial charge in [0.25, 0.3) is 0 Å². The summed E-state index contributed by atoms with van der Waals surface area (Å²) in [5.41, 5.74) is 2.69. The topological polar surface area (TPSA) is 40.3 Å². The summed E-state index contributed by atoms with van der Waals surface area (Å²) in [7, 11) is 1.75. The molecule has 1 saturated heterocycles. The Balaban J connectivity index is 1.75. The number of fused-ring (bicyclic) bond motifs is 1. The van der Waals surface area contributed by atoms with Crippen LogP contribution >= 0.6 is 0 Å². The highest BCUT2D eigenvalue weighted by Crippen LogP contribution is 2.42. The molecule has 1 atom stereocenters. The summed E-state index contributed by atoms with van der Waals surface area (Å²) < 4.78 is 5.46. The van der Waals surface area contributed by atoms with Gasteiger partial charge in [-0.15, -0.1) is 0 Å². The zero-order chi connectivity index (χ0) is 15.6. The minimum Gasteiger partial charge on any atom is -0.497 e. The first-order chi connectivity index (χ1) is 11.4. The van der Waals surface area contributed by atoms with E-state index in [4.69, 9.17) is 4.74 Å². The largest absolute Gasteiger partial charge is 0.497 e. The highest BCUT2D eigenvalue weighted by molar-refractivity contribution is 5.85. The molecule has 1 aliphatic carbocycles. The number of nitrogens with one attached hydrogen (secondary N) is 2.